The molecule has 0 saturated heterocycles. The molecular formula is C7H10O3. The monoisotopic (exact) mass is 142 g/mol. The Morgan fingerprint density at radius 1 is 1.60 bits per heavy atom. The van der Waals surface area contributed by atoms with Crippen molar-refractivity contribution in [2.24, 2.45) is 0 Å². The quantitative estimate of drug-likeness (QED) is 0.643. The van der Waals surface area contributed by atoms with Crippen molar-refractivity contribution in [3.05, 3.63) is 12.3 Å². The van der Waals surface area contributed by atoms with Crippen LogP contribution in [0.4, 0.5) is 0 Å². The minimum atomic E-state index is 0.449. The summed E-state index contributed by atoms with van der Waals surface area (Å²) in [4.78, 5) is 0. The summed E-state index contributed by atoms with van der Waals surface area (Å²) in [6, 6.07) is 1.71. The van der Waals surface area contributed by atoms with Crippen LogP contribution >= 0.6 is 0 Å². The van der Waals surface area contributed by atoms with E-state index in [1.54, 1.807) is 13.2 Å². The average Bonchev–Trinajstić information content (AvgIpc) is 2.36. The fourth-order valence-corrected chi connectivity index (χ4v) is 0.671. The maximum atomic E-state index is 5.08. The Morgan fingerprint density at radius 2 is 2.40 bits per heavy atom. The fraction of sp³-hybridized carbons (Fsp3) is 0.429. The molecule has 3 nitrogen and oxygen atoms in total. The lowest BCUT2D eigenvalue weighted by molar-refractivity contribution is 0.240. The van der Waals surface area contributed by atoms with Crippen LogP contribution < -0.4 is 9.47 Å². The van der Waals surface area contributed by atoms with Crippen LogP contribution in [0.5, 0.6) is 11.7 Å². The van der Waals surface area contributed by atoms with Gasteiger partial charge in [-0.3, -0.25) is 0 Å². The molecule has 0 aromatic carbocycles. The highest BCUT2D eigenvalue weighted by molar-refractivity contribution is 5.29. The third-order valence-corrected chi connectivity index (χ3v) is 1.09. The van der Waals surface area contributed by atoms with Crippen molar-refractivity contribution < 1.29 is 13.9 Å². The Hall–Kier alpha value is -1.12. The molecule has 0 aliphatic carbocycles. The van der Waals surface area contributed by atoms with Crippen LogP contribution in [0.15, 0.2) is 16.7 Å². The molecule has 0 bridgehead atoms. The summed E-state index contributed by atoms with van der Waals surface area (Å²) in [6.07, 6.45) is 1.53. The van der Waals surface area contributed by atoms with Crippen LogP contribution in [0.2, 0.25) is 0 Å². The van der Waals surface area contributed by atoms with E-state index in [1.165, 1.54) is 6.26 Å². The predicted molar refractivity (Wildman–Crippen MR) is 36.4 cm³/mol. The molecule has 3 heteroatoms. The van der Waals surface area contributed by atoms with Crippen molar-refractivity contribution in [1.82, 2.24) is 0 Å². The van der Waals surface area contributed by atoms with Gasteiger partial charge in [0.2, 0.25) is 5.75 Å². The molecule has 0 spiro atoms. The first kappa shape index (κ1) is 6.99. The zero-order valence-corrected chi connectivity index (χ0v) is 6.09. The molecule has 1 heterocycles. The molecule has 0 aliphatic rings. The summed E-state index contributed by atoms with van der Waals surface area (Å²) >= 11 is 0. The second kappa shape index (κ2) is 3.15. The summed E-state index contributed by atoms with van der Waals surface area (Å²) in [5, 5.41) is 0. The van der Waals surface area contributed by atoms with E-state index in [1.807, 2.05) is 6.92 Å². The van der Waals surface area contributed by atoms with E-state index in [0.717, 1.165) is 0 Å². The Balaban J connectivity index is 2.70. The van der Waals surface area contributed by atoms with Crippen LogP contribution in [-0.4, -0.2) is 13.7 Å². The van der Waals surface area contributed by atoms with Gasteiger partial charge in [0, 0.05) is 6.07 Å². The van der Waals surface area contributed by atoms with Gasteiger partial charge in [0.1, 0.15) is 0 Å². The van der Waals surface area contributed by atoms with E-state index >= 15 is 0 Å². The molecule has 1 aromatic heterocycles. The van der Waals surface area contributed by atoms with Gasteiger partial charge in [0.05, 0.1) is 20.0 Å². The van der Waals surface area contributed by atoms with Crippen LogP contribution in [0, 0.1) is 0 Å². The number of hydrogen-bond donors (Lipinski definition) is 0. The molecule has 0 aliphatic heterocycles. The molecule has 0 saturated carbocycles. The molecule has 0 radical (unpaired) electrons. The third-order valence-electron chi connectivity index (χ3n) is 1.09. The predicted octanol–water partition coefficient (Wildman–Crippen LogP) is 1.69. The number of hydrogen-bond acceptors (Lipinski definition) is 3. The van der Waals surface area contributed by atoms with E-state index in [4.69, 9.17) is 13.9 Å². The Labute approximate surface area is 59.5 Å². The molecule has 10 heavy (non-hydrogen) atoms. The van der Waals surface area contributed by atoms with Gasteiger partial charge in [-0.1, -0.05) is 0 Å². The molecule has 0 amide bonds. The average molecular weight is 142 g/mol. The normalized spacial score (nSPS) is 9.40. The lowest BCUT2D eigenvalue weighted by Gasteiger charge is -1.99. The van der Waals surface area contributed by atoms with Gasteiger partial charge in [-0.15, -0.1) is 0 Å². The van der Waals surface area contributed by atoms with E-state index in [-0.39, 0.29) is 0 Å². The number of furan rings is 1. The topological polar surface area (TPSA) is 31.6 Å². The number of rotatable bonds is 3. The smallest absolute Gasteiger partial charge is 0.328 e. The van der Waals surface area contributed by atoms with Crippen LogP contribution in [0.3, 0.4) is 0 Å². The van der Waals surface area contributed by atoms with Gasteiger partial charge in [-0.2, -0.15) is 0 Å². The van der Waals surface area contributed by atoms with Gasteiger partial charge in [-0.25, -0.2) is 0 Å². The van der Waals surface area contributed by atoms with Crippen molar-refractivity contribution in [1.29, 1.82) is 0 Å². The zero-order chi connectivity index (χ0) is 7.40. The summed E-state index contributed by atoms with van der Waals surface area (Å²) < 4.78 is 14.9. The highest BCUT2D eigenvalue weighted by Gasteiger charge is 2.04. The highest BCUT2D eigenvalue weighted by atomic mass is 16.6. The Bertz CT molecular complexity index is 192. The first-order valence-electron chi connectivity index (χ1n) is 3.12. The summed E-state index contributed by atoms with van der Waals surface area (Å²) in [7, 11) is 1.58. The van der Waals surface area contributed by atoms with E-state index in [9.17, 15) is 0 Å². The van der Waals surface area contributed by atoms with E-state index < -0.39 is 0 Å². The maximum Gasteiger partial charge on any atom is 0.328 e. The zero-order valence-electron chi connectivity index (χ0n) is 6.09. The van der Waals surface area contributed by atoms with Crippen molar-refractivity contribution >= 4 is 0 Å². The molecule has 56 valence electrons. The van der Waals surface area contributed by atoms with Gasteiger partial charge < -0.3 is 13.9 Å². The number of ether oxygens (including phenoxy) is 2. The second-order valence-corrected chi connectivity index (χ2v) is 1.71. The van der Waals surface area contributed by atoms with Crippen molar-refractivity contribution in [3.63, 3.8) is 0 Å². The molecule has 0 unspecified atom stereocenters. The second-order valence-electron chi connectivity index (χ2n) is 1.71. The largest absolute Gasteiger partial charge is 0.490 e. The SMILES string of the molecule is CCOc1occc1OC. The lowest BCUT2D eigenvalue weighted by Crippen LogP contribution is -1.91. The lowest BCUT2D eigenvalue weighted by atomic mass is 10.6. The van der Waals surface area contributed by atoms with Gasteiger partial charge in [0.15, 0.2) is 0 Å². The van der Waals surface area contributed by atoms with Crippen LogP contribution in [-0.2, 0) is 0 Å². The maximum absolute atomic E-state index is 5.08. The Morgan fingerprint density at radius 3 is 3.00 bits per heavy atom. The molecule has 0 atom stereocenters. The van der Waals surface area contributed by atoms with E-state index in [0.29, 0.717) is 18.3 Å². The minimum Gasteiger partial charge on any atom is -0.490 e. The summed E-state index contributed by atoms with van der Waals surface area (Å²) in [6.45, 7) is 2.48. The van der Waals surface area contributed by atoms with Crippen molar-refractivity contribution in [2.45, 2.75) is 6.92 Å². The van der Waals surface area contributed by atoms with Crippen molar-refractivity contribution in [3.8, 4) is 11.7 Å². The molecule has 0 N–H and O–H groups in total. The van der Waals surface area contributed by atoms with E-state index in [2.05, 4.69) is 0 Å². The molecule has 0 fully saturated rings. The molecular weight excluding hydrogens is 132 g/mol. The first-order valence-corrected chi connectivity index (χ1v) is 3.12. The fourth-order valence-electron chi connectivity index (χ4n) is 0.671. The van der Waals surface area contributed by atoms with Crippen LogP contribution in [0.25, 0.3) is 0 Å². The first-order chi connectivity index (χ1) is 4.88. The van der Waals surface area contributed by atoms with Gasteiger partial charge in [0.25, 0.3) is 0 Å². The highest BCUT2D eigenvalue weighted by Crippen LogP contribution is 2.27. The molecule has 1 rings (SSSR count). The summed E-state index contributed by atoms with van der Waals surface area (Å²) in [5.74, 6) is 1.09. The Kier molecular flexibility index (Phi) is 2.20. The van der Waals surface area contributed by atoms with Gasteiger partial charge in [-0.05, 0) is 6.92 Å². The third kappa shape index (κ3) is 1.23. The minimum absolute atomic E-state index is 0.449. The van der Waals surface area contributed by atoms with Crippen LogP contribution in [0.1, 0.15) is 6.92 Å². The van der Waals surface area contributed by atoms with Gasteiger partial charge >= 0.3 is 5.95 Å². The standard InChI is InChI=1S/C7H10O3/c1-3-9-7-6(8-2)4-5-10-7/h4-5H,3H2,1-2H3. The molecule has 1 aromatic rings. The van der Waals surface area contributed by atoms with Crippen molar-refractivity contribution in [2.75, 3.05) is 13.7 Å². The number of methoxy groups -OCH3 is 1. The summed E-state index contributed by atoms with van der Waals surface area (Å²) in [5.41, 5.74) is 0.